The number of likely N-dealkylation sites (N-methyl/N-ethyl adjacent to an activating group) is 1. The SMILES string of the molecule is CC[C@H]1OC(=O)[C@H](Cc2cn[nH]c2)C(=O)[C@H](C)C(O[C@@H]2O[C@H](C)CC(N(C)C)C2O)[C@](C)(OC/C=C/c2cnc3ccccc3c2)C[C@@H](C)CN[C@H](C)[C@H]2NC(=O)O[C@@]21C. The van der Waals surface area contributed by atoms with Crippen LogP contribution in [0.4, 0.5) is 4.79 Å². The highest BCUT2D eigenvalue weighted by Gasteiger charge is 2.56. The minimum atomic E-state index is -1.29. The fourth-order valence-electron chi connectivity index (χ4n) is 9.39. The minimum absolute atomic E-state index is 0.00338. The van der Waals surface area contributed by atoms with Gasteiger partial charge in [0.05, 0.1) is 42.2 Å². The van der Waals surface area contributed by atoms with Crippen molar-refractivity contribution < 1.29 is 43.2 Å². The molecule has 0 bridgehead atoms. The Labute approximate surface area is 353 Å². The number of pyridine rings is 1. The Bertz CT molecular complexity index is 1960. The molecule has 15 heteroatoms. The smallest absolute Gasteiger partial charge is 0.408 e. The molecule has 2 aromatic heterocycles. The number of H-pyrrole nitrogens is 1. The number of aromatic nitrogens is 3. The van der Waals surface area contributed by atoms with Crippen LogP contribution >= 0.6 is 0 Å². The van der Waals surface area contributed by atoms with Crippen molar-refractivity contribution in [2.24, 2.45) is 17.8 Å². The van der Waals surface area contributed by atoms with E-state index in [4.69, 9.17) is 23.7 Å². The molecule has 3 aliphatic rings. The molecule has 5 heterocycles. The van der Waals surface area contributed by atoms with Gasteiger partial charge in [-0.1, -0.05) is 51.1 Å². The normalized spacial score (nSPS) is 36.0. The molecule has 1 aromatic carbocycles. The molecule has 6 rings (SSSR count). The predicted molar refractivity (Wildman–Crippen MR) is 226 cm³/mol. The van der Waals surface area contributed by atoms with E-state index in [9.17, 15) is 14.7 Å². The number of esters is 1. The van der Waals surface area contributed by atoms with Crippen molar-refractivity contribution >= 4 is 34.8 Å². The average Bonchev–Trinajstić information content (AvgIpc) is 3.85. The van der Waals surface area contributed by atoms with E-state index in [0.29, 0.717) is 31.4 Å². The first kappa shape index (κ1) is 45.3. The van der Waals surface area contributed by atoms with Crippen LogP contribution in [0.2, 0.25) is 0 Å². The number of aromatic amines is 1. The number of carbonyl (C=O) groups is 3. The molecule has 0 aliphatic carbocycles. The molecule has 0 saturated carbocycles. The lowest BCUT2D eigenvalue weighted by molar-refractivity contribution is -0.296. The molecule has 60 heavy (non-hydrogen) atoms. The van der Waals surface area contributed by atoms with E-state index < -0.39 is 71.5 Å². The maximum Gasteiger partial charge on any atom is 0.408 e. The van der Waals surface area contributed by atoms with E-state index in [1.54, 1.807) is 26.2 Å². The summed E-state index contributed by atoms with van der Waals surface area (Å²) >= 11 is 0. The average molecular weight is 833 g/mol. The number of para-hydroxylation sites is 1. The van der Waals surface area contributed by atoms with Crippen molar-refractivity contribution in [2.75, 3.05) is 27.2 Å². The summed E-state index contributed by atoms with van der Waals surface area (Å²) in [5, 5.41) is 26.2. The molecule has 328 valence electrons. The van der Waals surface area contributed by atoms with Gasteiger partial charge in [0.15, 0.2) is 17.7 Å². The zero-order valence-corrected chi connectivity index (χ0v) is 36.4. The minimum Gasteiger partial charge on any atom is -0.457 e. The maximum absolute atomic E-state index is 15.2. The maximum atomic E-state index is 15.2. The van der Waals surface area contributed by atoms with Crippen molar-refractivity contribution in [3.8, 4) is 0 Å². The monoisotopic (exact) mass is 832 g/mol. The highest BCUT2D eigenvalue weighted by atomic mass is 16.7. The van der Waals surface area contributed by atoms with Crippen LogP contribution in [0.5, 0.6) is 0 Å². The van der Waals surface area contributed by atoms with Crippen LogP contribution in [0.25, 0.3) is 17.0 Å². The molecule has 3 unspecified atom stereocenters. The third kappa shape index (κ3) is 10.1. The van der Waals surface area contributed by atoms with Crippen molar-refractivity contribution in [3.63, 3.8) is 0 Å². The Morgan fingerprint density at radius 3 is 2.57 bits per heavy atom. The number of fused-ring (bicyclic) bond motifs is 2. The number of aliphatic hydroxyl groups excluding tert-OH is 1. The lowest BCUT2D eigenvalue weighted by atomic mass is 9.77. The van der Waals surface area contributed by atoms with Gasteiger partial charge in [0.25, 0.3) is 0 Å². The Kier molecular flexibility index (Phi) is 14.5. The van der Waals surface area contributed by atoms with Gasteiger partial charge in [0.2, 0.25) is 0 Å². The van der Waals surface area contributed by atoms with Crippen LogP contribution in [-0.2, 0) is 39.7 Å². The quantitative estimate of drug-likeness (QED) is 0.161. The number of alkyl carbamates (subject to hydrolysis) is 1. The molecular formula is C45H64N6O9. The first-order valence-corrected chi connectivity index (χ1v) is 21.3. The molecule has 0 spiro atoms. The molecule has 0 radical (unpaired) electrons. The number of ketones is 1. The molecule has 3 aliphatic heterocycles. The lowest BCUT2D eigenvalue weighted by Crippen LogP contribution is -2.60. The molecule has 13 atom stereocenters. The number of hydrogen-bond donors (Lipinski definition) is 4. The Balaban J connectivity index is 1.41. The largest absolute Gasteiger partial charge is 0.457 e. The summed E-state index contributed by atoms with van der Waals surface area (Å²) in [4.78, 5) is 49.1. The number of nitrogens with zero attached hydrogens (tertiary/aromatic N) is 3. The number of aliphatic hydroxyl groups is 1. The Morgan fingerprint density at radius 1 is 1.08 bits per heavy atom. The number of nitrogens with one attached hydrogen (secondary N) is 3. The number of hydrogen-bond acceptors (Lipinski definition) is 13. The van der Waals surface area contributed by atoms with Crippen molar-refractivity contribution in [1.82, 2.24) is 30.7 Å². The van der Waals surface area contributed by atoms with Gasteiger partial charge >= 0.3 is 12.1 Å². The van der Waals surface area contributed by atoms with Crippen LogP contribution in [0.3, 0.4) is 0 Å². The number of amides is 1. The molecule has 4 N–H and O–H groups in total. The van der Waals surface area contributed by atoms with Gasteiger partial charge in [-0.3, -0.25) is 19.7 Å². The first-order valence-electron chi connectivity index (χ1n) is 21.3. The fourth-order valence-corrected chi connectivity index (χ4v) is 9.39. The molecule has 15 nitrogen and oxygen atoms in total. The van der Waals surface area contributed by atoms with Crippen LogP contribution in [0, 0.1) is 17.8 Å². The highest BCUT2D eigenvalue weighted by Crippen LogP contribution is 2.38. The summed E-state index contributed by atoms with van der Waals surface area (Å²) in [7, 11) is 3.81. The van der Waals surface area contributed by atoms with E-state index in [1.807, 2.05) is 89.3 Å². The van der Waals surface area contributed by atoms with Gasteiger partial charge < -0.3 is 44.3 Å². The number of cyclic esters (lactones) is 1. The van der Waals surface area contributed by atoms with Gasteiger partial charge in [-0.2, -0.15) is 5.10 Å². The van der Waals surface area contributed by atoms with Crippen LogP contribution in [0.15, 0.2) is 55.0 Å². The second-order valence-electron chi connectivity index (χ2n) is 17.7. The lowest BCUT2D eigenvalue weighted by Gasteiger charge is -2.47. The molecular weight excluding hydrogens is 769 g/mol. The summed E-state index contributed by atoms with van der Waals surface area (Å²) in [5.41, 5.74) is 0.00607. The van der Waals surface area contributed by atoms with Crippen LogP contribution < -0.4 is 10.6 Å². The van der Waals surface area contributed by atoms with E-state index in [1.165, 1.54) is 0 Å². The molecule has 3 aromatic rings. The van der Waals surface area contributed by atoms with Gasteiger partial charge in [0, 0.05) is 35.8 Å². The summed E-state index contributed by atoms with van der Waals surface area (Å²) in [6.07, 6.45) is 5.25. The summed E-state index contributed by atoms with van der Waals surface area (Å²) in [5.74, 6) is -3.53. The number of benzene rings is 1. The number of carbonyl (C=O) groups excluding carboxylic acids is 3. The second-order valence-corrected chi connectivity index (χ2v) is 17.7. The van der Waals surface area contributed by atoms with Crippen LogP contribution in [0.1, 0.15) is 78.9 Å². The van der Waals surface area contributed by atoms with Gasteiger partial charge in [-0.05, 0) is 103 Å². The summed E-state index contributed by atoms with van der Waals surface area (Å²) in [6, 6.07) is 8.82. The fraction of sp³-hybridized carbons (Fsp3) is 0.622. The van der Waals surface area contributed by atoms with E-state index in [0.717, 1.165) is 16.5 Å². The zero-order chi connectivity index (χ0) is 43.4. The van der Waals surface area contributed by atoms with Crippen LogP contribution in [-0.4, -0.2) is 130 Å². The summed E-state index contributed by atoms with van der Waals surface area (Å²) in [6.45, 7) is 13.9. The van der Waals surface area contributed by atoms with Gasteiger partial charge in [0.1, 0.15) is 18.1 Å². The molecule has 3 saturated heterocycles. The van der Waals surface area contributed by atoms with E-state index in [2.05, 4.69) is 38.8 Å². The van der Waals surface area contributed by atoms with Crippen molar-refractivity contribution in [1.29, 1.82) is 0 Å². The van der Waals surface area contributed by atoms with Crippen molar-refractivity contribution in [3.05, 3.63) is 66.1 Å². The van der Waals surface area contributed by atoms with Crippen molar-refractivity contribution in [2.45, 2.75) is 134 Å². The second kappa shape index (κ2) is 19.2. The Hall–Kier alpha value is -4.25. The summed E-state index contributed by atoms with van der Waals surface area (Å²) < 4.78 is 32.3. The Morgan fingerprint density at radius 2 is 1.85 bits per heavy atom. The third-order valence-electron chi connectivity index (χ3n) is 12.6. The standard InChI is InChI=1S/C45H64N6O9/c1-10-36-45(7)39(50-43(55)60-45)29(5)46-22-26(2)21-44(6,56-17-13-14-30-19-32-15-11-12-16-34(32)47-23-30)40(59-42-38(53)35(51(8)9)18-27(3)57-42)28(4)37(52)33(41(54)58-36)20-31-24-48-49-25-31/h11-16,19,23-29,33,35-36,38-40,42,46,53H,10,17-18,20-22H2,1-9H3,(H,48,49)(H,50,55)/b14-13+/t26-,27-,28+,29-,33-,35?,36-,38?,39-,40?,42+,44-,45-/m1/s1. The molecule has 1 amide bonds. The first-order chi connectivity index (χ1) is 28.5. The topological polar surface area (TPSA) is 186 Å². The van der Waals surface area contributed by atoms with Gasteiger partial charge in [-0.25, -0.2) is 4.79 Å². The van der Waals surface area contributed by atoms with E-state index >= 15 is 4.79 Å². The zero-order valence-electron chi connectivity index (χ0n) is 36.4. The number of ether oxygens (including phenoxy) is 5. The predicted octanol–water partition coefficient (Wildman–Crippen LogP) is 4.83. The number of Topliss-reactive ketones (excluding diaryl/α,β-unsaturated/α-hetero) is 1. The van der Waals surface area contributed by atoms with Gasteiger partial charge in [-0.15, -0.1) is 0 Å². The third-order valence-corrected chi connectivity index (χ3v) is 12.6. The number of rotatable bonds is 10. The van der Waals surface area contributed by atoms with E-state index in [-0.39, 0.29) is 37.1 Å². The molecule has 3 fully saturated rings. The highest BCUT2D eigenvalue weighted by molar-refractivity contribution is 6.00.